The van der Waals surface area contributed by atoms with Gasteiger partial charge in [0.15, 0.2) is 17.7 Å². The largest absolute Gasteiger partial charge is 0.487 e. The lowest BCUT2D eigenvalue weighted by Crippen LogP contribution is -2.32. The zero-order valence-corrected chi connectivity index (χ0v) is 19.8. The van der Waals surface area contributed by atoms with Gasteiger partial charge in [0.2, 0.25) is 0 Å². The van der Waals surface area contributed by atoms with Crippen LogP contribution in [0.15, 0.2) is 36.4 Å². The lowest BCUT2D eigenvalue weighted by atomic mass is 10.1. The minimum absolute atomic E-state index is 0.0577. The summed E-state index contributed by atoms with van der Waals surface area (Å²) in [4.78, 5) is 21.8. The standard InChI is InChI=1S/C23H27F2N3O3.C2H4O2/c1-2-30-21(23(29)28-13-14-7-9-15(10-8-14)22(26)27)19-17(24)11-12-18(20(19)25)31-16-5-3-4-6-16;1-2(3)4/h7-12,16,21H,2-6,13H2,1H3,(H3,26,27)(H,28,29);1H3,(H,3,4). The average Bonchev–Trinajstić information content (AvgIpc) is 3.32. The second kappa shape index (κ2) is 13.4. The van der Waals surface area contributed by atoms with E-state index in [0.29, 0.717) is 5.56 Å². The monoisotopic (exact) mass is 491 g/mol. The molecule has 10 heteroatoms. The predicted molar refractivity (Wildman–Crippen MR) is 126 cm³/mol. The number of nitrogens with two attached hydrogens (primary N) is 1. The normalized spacial score (nSPS) is 13.9. The molecule has 190 valence electrons. The predicted octanol–water partition coefficient (Wildman–Crippen LogP) is 4.06. The Labute approximate surface area is 202 Å². The highest BCUT2D eigenvalue weighted by molar-refractivity contribution is 5.94. The van der Waals surface area contributed by atoms with E-state index in [1.807, 2.05) is 0 Å². The third kappa shape index (κ3) is 8.32. The van der Waals surface area contributed by atoms with E-state index in [4.69, 9.17) is 30.5 Å². The van der Waals surface area contributed by atoms with Crippen molar-refractivity contribution in [1.82, 2.24) is 5.32 Å². The summed E-state index contributed by atoms with van der Waals surface area (Å²) in [6.07, 6.45) is 2.11. The zero-order chi connectivity index (χ0) is 26.0. The van der Waals surface area contributed by atoms with E-state index in [0.717, 1.165) is 44.2 Å². The molecule has 35 heavy (non-hydrogen) atoms. The van der Waals surface area contributed by atoms with Gasteiger partial charge >= 0.3 is 0 Å². The van der Waals surface area contributed by atoms with Gasteiger partial charge in [-0.3, -0.25) is 15.0 Å². The van der Waals surface area contributed by atoms with Crippen LogP contribution in [0.2, 0.25) is 0 Å². The van der Waals surface area contributed by atoms with Crippen molar-refractivity contribution in [2.75, 3.05) is 6.61 Å². The van der Waals surface area contributed by atoms with Gasteiger partial charge in [0.1, 0.15) is 11.7 Å². The summed E-state index contributed by atoms with van der Waals surface area (Å²) >= 11 is 0. The molecule has 5 N–H and O–H groups in total. The molecule has 0 spiro atoms. The van der Waals surface area contributed by atoms with Crippen LogP contribution in [-0.4, -0.2) is 35.5 Å². The van der Waals surface area contributed by atoms with E-state index in [9.17, 15) is 9.18 Å². The average molecular weight is 492 g/mol. The maximum atomic E-state index is 15.1. The van der Waals surface area contributed by atoms with Gasteiger partial charge in [-0.2, -0.15) is 0 Å². The van der Waals surface area contributed by atoms with Crippen LogP contribution >= 0.6 is 0 Å². The van der Waals surface area contributed by atoms with Crippen LogP contribution in [0.3, 0.4) is 0 Å². The van der Waals surface area contributed by atoms with Crippen LogP contribution in [0, 0.1) is 17.0 Å². The van der Waals surface area contributed by atoms with Crippen molar-refractivity contribution in [3.8, 4) is 5.75 Å². The number of halogens is 2. The second-order valence-electron chi connectivity index (χ2n) is 7.98. The molecule has 1 atom stereocenters. The zero-order valence-electron chi connectivity index (χ0n) is 19.8. The van der Waals surface area contributed by atoms with Crippen LogP contribution in [0.4, 0.5) is 8.78 Å². The van der Waals surface area contributed by atoms with Crippen molar-refractivity contribution < 1.29 is 33.0 Å². The maximum Gasteiger partial charge on any atom is 0.300 e. The van der Waals surface area contributed by atoms with Gasteiger partial charge in [-0.1, -0.05) is 24.3 Å². The third-order valence-corrected chi connectivity index (χ3v) is 5.25. The molecular formula is C25H31F2N3O5. The molecule has 1 aliphatic carbocycles. The van der Waals surface area contributed by atoms with Gasteiger partial charge in [0.05, 0.1) is 11.7 Å². The lowest BCUT2D eigenvalue weighted by molar-refractivity contribution is -0.134. The number of carboxylic acids is 1. The first-order chi connectivity index (χ1) is 16.6. The molecule has 2 aromatic carbocycles. The van der Waals surface area contributed by atoms with E-state index < -0.39 is 35.2 Å². The lowest BCUT2D eigenvalue weighted by Gasteiger charge is -2.21. The molecule has 3 rings (SSSR count). The van der Waals surface area contributed by atoms with Crippen LogP contribution < -0.4 is 15.8 Å². The first kappa shape index (κ1) is 27.7. The number of amides is 1. The van der Waals surface area contributed by atoms with Gasteiger partial charge < -0.3 is 25.6 Å². The highest BCUT2D eigenvalue weighted by Crippen LogP contribution is 2.33. The van der Waals surface area contributed by atoms with Gasteiger partial charge in [-0.15, -0.1) is 0 Å². The summed E-state index contributed by atoms with van der Waals surface area (Å²) in [6.45, 7) is 2.95. The molecule has 1 amide bonds. The molecule has 0 bridgehead atoms. The Kier molecular flexibility index (Phi) is 10.6. The fraction of sp³-hybridized carbons (Fsp3) is 0.400. The molecule has 0 radical (unpaired) electrons. The number of ether oxygens (including phenoxy) is 2. The third-order valence-electron chi connectivity index (χ3n) is 5.25. The molecule has 0 heterocycles. The van der Waals surface area contributed by atoms with E-state index in [1.54, 1.807) is 31.2 Å². The minimum Gasteiger partial charge on any atom is -0.487 e. The summed E-state index contributed by atoms with van der Waals surface area (Å²) < 4.78 is 40.9. The second-order valence-corrected chi connectivity index (χ2v) is 7.98. The molecule has 1 aliphatic rings. The van der Waals surface area contributed by atoms with E-state index >= 15 is 4.39 Å². The number of hydrogen-bond donors (Lipinski definition) is 4. The van der Waals surface area contributed by atoms with Crippen molar-refractivity contribution in [3.63, 3.8) is 0 Å². The highest BCUT2D eigenvalue weighted by Gasteiger charge is 2.30. The van der Waals surface area contributed by atoms with Crippen molar-refractivity contribution in [1.29, 1.82) is 5.41 Å². The summed E-state index contributed by atoms with van der Waals surface area (Å²) in [5.41, 5.74) is 6.28. The van der Waals surface area contributed by atoms with Crippen LogP contribution in [0.1, 0.15) is 62.3 Å². The summed E-state index contributed by atoms with van der Waals surface area (Å²) in [5, 5.41) is 17.5. The fourth-order valence-electron chi connectivity index (χ4n) is 3.61. The van der Waals surface area contributed by atoms with E-state index in [2.05, 4.69) is 5.32 Å². The number of carboxylic acid groups (broad SMARTS) is 1. The van der Waals surface area contributed by atoms with Crippen LogP contribution in [0.5, 0.6) is 5.75 Å². The smallest absolute Gasteiger partial charge is 0.300 e. The number of benzene rings is 2. The van der Waals surface area contributed by atoms with Gasteiger partial charge in [-0.05, 0) is 50.3 Å². The van der Waals surface area contributed by atoms with Crippen molar-refractivity contribution in [2.24, 2.45) is 5.73 Å². The van der Waals surface area contributed by atoms with Crippen molar-refractivity contribution in [2.45, 2.75) is 58.3 Å². The summed E-state index contributed by atoms with van der Waals surface area (Å²) in [5.74, 6) is -3.39. The van der Waals surface area contributed by atoms with Crippen LogP contribution in [-0.2, 0) is 20.9 Å². The van der Waals surface area contributed by atoms with E-state index in [-0.39, 0.29) is 30.8 Å². The molecule has 1 fully saturated rings. The fourth-order valence-corrected chi connectivity index (χ4v) is 3.61. The number of hydrogen-bond acceptors (Lipinski definition) is 5. The minimum atomic E-state index is -1.45. The van der Waals surface area contributed by atoms with Crippen molar-refractivity contribution in [3.05, 3.63) is 64.7 Å². The number of nitrogens with one attached hydrogen (secondary N) is 2. The topological polar surface area (TPSA) is 135 Å². The Balaban J connectivity index is 0.00000100. The van der Waals surface area contributed by atoms with Gasteiger partial charge in [-0.25, -0.2) is 8.78 Å². The Hall–Kier alpha value is -3.53. The number of nitrogen functional groups attached to an aromatic ring is 1. The highest BCUT2D eigenvalue weighted by atomic mass is 19.1. The van der Waals surface area contributed by atoms with Crippen LogP contribution in [0.25, 0.3) is 0 Å². The Bertz CT molecular complexity index is 1020. The molecule has 8 nitrogen and oxygen atoms in total. The van der Waals surface area contributed by atoms with Gasteiger partial charge in [0.25, 0.3) is 11.9 Å². The molecule has 1 unspecified atom stereocenters. The Morgan fingerprint density at radius 1 is 1.17 bits per heavy atom. The first-order valence-electron chi connectivity index (χ1n) is 11.3. The van der Waals surface area contributed by atoms with Gasteiger partial charge in [0, 0.05) is 25.6 Å². The molecule has 1 saturated carbocycles. The number of aliphatic carboxylic acids is 1. The maximum absolute atomic E-state index is 15.1. The SMILES string of the molecule is CC(=O)O.CCOC(C(=O)NCc1ccc(C(=N)N)cc1)c1c(F)ccc(OC2CCCC2)c1F. The molecule has 0 aliphatic heterocycles. The molecule has 0 saturated heterocycles. The first-order valence-corrected chi connectivity index (χ1v) is 11.3. The molecular weight excluding hydrogens is 460 g/mol. The quantitative estimate of drug-likeness (QED) is 0.309. The van der Waals surface area contributed by atoms with E-state index in [1.165, 1.54) is 6.07 Å². The molecule has 2 aromatic rings. The Morgan fingerprint density at radius 3 is 2.31 bits per heavy atom. The summed E-state index contributed by atoms with van der Waals surface area (Å²) in [7, 11) is 0. The van der Waals surface area contributed by atoms with Crippen molar-refractivity contribution >= 4 is 17.7 Å². The number of carbonyl (C=O) groups excluding carboxylic acids is 1. The summed E-state index contributed by atoms with van der Waals surface area (Å²) in [6, 6.07) is 9.10. The number of rotatable bonds is 9. The Morgan fingerprint density at radius 2 is 1.77 bits per heavy atom. The number of carbonyl (C=O) groups is 2. The number of amidine groups is 1. The molecule has 0 aromatic heterocycles.